The van der Waals surface area contributed by atoms with E-state index >= 15 is 0 Å². The fraction of sp³-hybridized carbons (Fsp3) is 0.632. The lowest BCUT2D eigenvalue weighted by molar-refractivity contribution is -0.144. The summed E-state index contributed by atoms with van der Waals surface area (Å²) in [7, 11) is 2.01. The van der Waals surface area contributed by atoms with E-state index in [0.717, 1.165) is 32.5 Å². The molecule has 3 rings (SSSR count). The number of hydrogen-bond donors (Lipinski definition) is 1. The predicted molar refractivity (Wildman–Crippen MR) is 92.4 cm³/mol. The molecule has 0 radical (unpaired) electrons. The highest BCUT2D eigenvalue weighted by atomic mass is 16.5. The molecule has 2 fully saturated rings. The second-order valence-electron chi connectivity index (χ2n) is 7.05. The van der Waals surface area contributed by atoms with Crippen LogP contribution >= 0.6 is 0 Å². The van der Waals surface area contributed by atoms with Crippen molar-refractivity contribution < 1.29 is 14.6 Å². The van der Waals surface area contributed by atoms with E-state index in [0.29, 0.717) is 19.6 Å². The summed E-state index contributed by atoms with van der Waals surface area (Å²) in [6.45, 7) is 3.60. The Bertz CT molecular complexity index is 529. The molecule has 5 heteroatoms. The molecule has 2 aliphatic rings. The zero-order valence-corrected chi connectivity index (χ0v) is 14.4. The third-order valence-electron chi connectivity index (χ3n) is 5.18. The van der Waals surface area contributed by atoms with Gasteiger partial charge in [0.15, 0.2) is 0 Å². The Morgan fingerprint density at radius 3 is 2.58 bits per heavy atom. The van der Waals surface area contributed by atoms with Crippen LogP contribution in [0.3, 0.4) is 0 Å². The van der Waals surface area contributed by atoms with Gasteiger partial charge in [-0.1, -0.05) is 30.3 Å². The number of carbonyl (C=O) groups excluding carboxylic acids is 1. The molecule has 2 aliphatic heterocycles. The molecule has 1 N–H and O–H groups in total. The van der Waals surface area contributed by atoms with E-state index in [1.54, 1.807) is 0 Å². The van der Waals surface area contributed by atoms with Crippen molar-refractivity contribution in [2.75, 3.05) is 33.2 Å². The first-order chi connectivity index (χ1) is 11.6. The SMILES string of the molecule is CN1CC[C@@H](O)[C@H](C(=O)N2CCC(OCc3ccccc3)CC2)C1. The van der Waals surface area contributed by atoms with E-state index in [1.807, 2.05) is 30.1 Å². The number of amides is 1. The molecule has 0 spiro atoms. The summed E-state index contributed by atoms with van der Waals surface area (Å²) in [6, 6.07) is 10.2. The highest BCUT2D eigenvalue weighted by Gasteiger charge is 2.35. The van der Waals surface area contributed by atoms with Crippen LogP contribution < -0.4 is 0 Å². The van der Waals surface area contributed by atoms with Gasteiger partial charge in [0.2, 0.25) is 5.91 Å². The fourth-order valence-electron chi connectivity index (χ4n) is 3.61. The molecule has 5 nitrogen and oxygen atoms in total. The van der Waals surface area contributed by atoms with E-state index in [2.05, 4.69) is 17.0 Å². The molecule has 0 saturated carbocycles. The smallest absolute Gasteiger partial charge is 0.229 e. The van der Waals surface area contributed by atoms with E-state index in [9.17, 15) is 9.90 Å². The van der Waals surface area contributed by atoms with Crippen LogP contribution in [0.5, 0.6) is 0 Å². The topological polar surface area (TPSA) is 53.0 Å². The molecule has 0 unspecified atom stereocenters. The summed E-state index contributed by atoms with van der Waals surface area (Å²) in [4.78, 5) is 16.7. The maximum Gasteiger partial charge on any atom is 0.229 e. The summed E-state index contributed by atoms with van der Waals surface area (Å²) < 4.78 is 5.99. The van der Waals surface area contributed by atoms with Gasteiger partial charge in [0, 0.05) is 26.2 Å². The number of carbonyl (C=O) groups is 1. The zero-order valence-electron chi connectivity index (χ0n) is 14.4. The second-order valence-corrected chi connectivity index (χ2v) is 7.05. The molecule has 0 bridgehead atoms. The quantitative estimate of drug-likeness (QED) is 0.908. The van der Waals surface area contributed by atoms with Crippen molar-refractivity contribution >= 4 is 5.91 Å². The Morgan fingerprint density at radius 2 is 1.88 bits per heavy atom. The summed E-state index contributed by atoms with van der Waals surface area (Å²) in [6.07, 6.45) is 2.15. The van der Waals surface area contributed by atoms with E-state index < -0.39 is 6.10 Å². The van der Waals surface area contributed by atoms with Gasteiger partial charge < -0.3 is 19.6 Å². The van der Waals surface area contributed by atoms with Crippen LogP contribution in [0, 0.1) is 5.92 Å². The van der Waals surface area contributed by atoms with Crippen molar-refractivity contribution in [3.8, 4) is 0 Å². The van der Waals surface area contributed by atoms with Crippen LogP contribution in [0.2, 0.25) is 0 Å². The van der Waals surface area contributed by atoms with E-state index in [1.165, 1.54) is 5.56 Å². The highest BCUT2D eigenvalue weighted by molar-refractivity contribution is 5.80. The van der Waals surface area contributed by atoms with Crippen LogP contribution in [-0.4, -0.2) is 66.2 Å². The first-order valence-corrected chi connectivity index (χ1v) is 8.94. The molecule has 2 atom stereocenters. The Morgan fingerprint density at radius 1 is 1.17 bits per heavy atom. The molecular weight excluding hydrogens is 304 g/mol. The van der Waals surface area contributed by atoms with E-state index in [-0.39, 0.29) is 17.9 Å². The van der Waals surface area contributed by atoms with Gasteiger partial charge in [0.25, 0.3) is 0 Å². The number of ether oxygens (including phenoxy) is 1. The third kappa shape index (κ3) is 4.35. The highest BCUT2D eigenvalue weighted by Crippen LogP contribution is 2.22. The monoisotopic (exact) mass is 332 g/mol. The maximum atomic E-state index is 12.7. The number of piperidine rings is 2. The van der Waals surface area contributed by atoms with Gasteiger partial charge in [-0.2, -0.15) is 0 Å². The lowest BCUT2D eigenvalue weighted by atomic mass is 9.92. The summed E-state index contributed by atoms with van der Waals surface area (Å²) in [5.41, 5.74) is 1.18. The first kappa shape index (κ1) is 17.4. The average Bonchev–Trinajstić information content (AvgIpc) is 2.63. The molecule has 132 valence electrons. The zero-order chi connectivity index (χ0) is 16.9. The number of rotatable bonds is 4. The summed E-state index contributed by atoms with van der Waals surface area (Å²) in [5, 5.41) is 10.2. The fourth-order valence-corrected chi connectivity index (χ4v) is 3.61. The normalized spacial score (nSPS) is 26.5. The number of benzene rings is 1. The van der Waals surface area contributed by atoms with Crippen molar-refractivity contribution in [3.63, 3.8) is 0 Å². The molecule has 1 amide bonds. The third-order valence-corrected chi connectivity index (χ3v) is 5.18. The van der Waals surface area contributed by atoms with Gasteiger partial charge in [-0.25, -0.2) is 0 Å². The molecule has 1 aromatic rings. The molecule has 2 saturated heterocycles. The maximum absolute atomic E-state index is 12.7. The van der Waals surface area contributed by atoms with Gasteiger partial charge in [0.1, 0.15) is 0 Å². The van der Waals surface area contributed by atoms with Crippen LogP contribution in [-0.2, 0) is 16.1 Å². The lowest BCUT2D eigenvalue weighted by Gasteiger charge is -2.38. The van der Waals surface area contributed by atoms with Crippen LogP contribution in [0.15, 0.2) is 30.3 Å². The molecular formula is C19H28N2O3. The molecule has 24 heavy (non-hydrogen) atoms. The minimum atomic E-state index is -0.499. The Kier molecular flexibility index (Phi) is 5.87. The van der Waals surface area contributed by atoms with Crippen LogP contribution in [0.4, 0.5) is 0 Å². The number of nitrogens with zero attached hydrogens (tertiary/aromatic N) is 2. The largest absolute Gasteiger partial charge is 0.392 e. The van der Waals surface area contributed by atoms with Crippen molar-refractivity contribution in [1.29, 1.82) is 0 Å². The van der Waals surface area contributed by atoms with Gasteiger partial charge in [-0.15, -0.1) is 0 Å². The minimum absolute atomic E-state index is 0.107. The van der Waals surface area contributed by atoms with Crippen molar-refractivity contribution in [3.05, 3.63) is 35.9 Å². The minimum Gasteiger partial charge on any atom is -0.392 e. The molecule has 2 heterocycles. The Labute approximate surface area is 144 Å². The molecule has 1 aromatic carbocycles. The standard InChI is InChI=1S/C19H28N2O3/c1-20-10-9-18(22)17(13-20)19(23)21-11-7-16(8-12-21)24-14-15-5-3-2-4-6-15/h2-6,16-18,22H,7-14H2,1H3/t17-,18-/m1/s1. The molecule has 0 aliphatic carbocycles. The number of likely N-dealkylation sites (tertiary alicyclic amines) is 2. The average molecular weight is 332 g/mol. The Balaban J connectivity index is 1.45. The number of hydrogen-bond acceptors (Lipinski definition) is 4. The van der Waals surface area contributed by atoms with Crippen molar-refractivity contribution in [1.82, 2.24) is 9.80 Å². The molecule has 0 aromatic heterocycles. The van der Waals surface area contributed by atoms with Crippen LogP contribution in [0.1, 0.15) is 24.8 Å². The van der Waals surface area contributed by atoms with Gasteiger partial charge in [0.05, 0.1) is 24.7 Å². The van der Waals surface area contributed by atoms with Crippen molar-refractivity contribution in [2.24, 2.45) is 5.92 Å². The lowest BCUT2D eigenvalue weighted by Crippen LogP contribution is -2.52. The first-order valence-electron chi connectivity index (χ1n) is 8.94. The number of aliphatic hydroxyl groups is 1. The van der Waals surface area contributed by atoms with E-state index in [4.69, 9.17) is 4.74 Å². The van der Waals surface area contributed by atoms with Gasteiger partial charge in [-0.05, 0) is 31.9 Å². The Hall–Kier alpha value is -1.43. The predicted octanol–water partition coefficient (Wildman–Crippen LogP) is 1.51. The summed E-state index contributed by atoms with van der Waals surface area (Å²) >= 11 is 0. The van der Waals surface area contributed by atoms with Gasteiger partial charge >= 0.3 is 0 Å². The number of aliphatic hydroxyl groups excluding tert-OH is 1. The van der Waals surface area contributed by atoms with Crippen LogP contribution in [0.25, 0.3) is 0 Å². The summed E-state index contributed by atoms with van der Waals surface area (Å²) in [5.74, 6) is -0.166. The van der Waals surface area contributed by atoms with Crippen molar-refractivity contribution in [2.45, 2.75) is 38.1 Å². The second kappa shape index (κ2) is 8.10. The van der Waals surface area contributed by atoms with Gasteiger partial charge in [-0.3, -0.25) is 4.79 Å².